The van der Waals surface area contributed by atoms with Crippen LogP contribution >= 0.6 is 11.6 Å². The van der Waals surface area contributed by atoms with Gasteiger partial charge >= 0.3 is 0 Å². The van der Waals surface area contributed by atoms with Gasteiger partial charge in [-0.3, -0.25) is 9.59 Å². The van der Waals surface area contributed by atoms with Gasteiger partial charge in [0.2, 0.25) is 0 Å². The molecule has 2 aromatic carbocycles. The first-order valence-corrected chi connectivity index (χ1v) is 10.6. The molecule has 0 radical (unpaired) electrons. The Morgan fingerprint density at radius 3 is 2.62 bits per heavy atom. The average molecular weight is 454 g/mol. The van der Waals surface area contributed by atoms with E-state index in [4.69, 9.17) is 11.6 Å². The topological polar surface area (TPSA) is 83.9 Å². The molecule has 32 heavy (non-hydrogen) atoms. The number of amides is 1. The largest absolute Gasteiger partial charge is 0.331 e. The molecule has 2 aromatic heterocycles. The third-order valence-corrected chi connectivity index (χ3v) is 5.47. The van der Waals surface area contributed by atoms with Crippen LogP contribution in [-0.2, 0) is 13.0 Å². The Labute approximate surface area is 188 Å². The van der Waals surface area contributed by atoms with Gasteiger partial charge < -0.3 is 9.88 Å². The van der Waals surface area contributed by atoms with Crippen molar-refractivity contribution >= 4 is 28.4 Å². The summed E-state index contributed by atoms with van der Waals surface area (Å²) in [7, 11) is 0. The number of hydrogen-bond donors (Lipinski definition) is 1. The Bertz CT molecular complexity index is 1350. The second kappa shape index (κ2) is 8.92. The van der Waals surface area contributed by atoms with Gasteiger partial charge in [-0.15, -0.1) is 0 Å². The molecule has 0 bridgehead atoms. The lowest BCUT2D eigenvalue weighted by molar-refractivity contribution is 0.0747. The maximum atomic E-state index is 13.3. The summed E-state index contributed by atoms with van der Waals surface area (Å²) in [6.45, 7) is 4.30. The SMILES string of the molecule is CCc1c(C(=O)N(CC)Cc2nc3cc(Cl)ccc3c(=O)[nH]2)cnn1-c1ccc(F)cc1. The summed E-state index contributed by atoms with van der Waals surface area (Å²) in [4.78, 5) is 34.6. The van der Waals surface area contributed by atoms with E-state index in [9.17, 15) is 14.0 Å². The first-order chi connectivity index (χ1) is 15.4. The molecule has 0 unspecified atom stereocenters. The highest BCUT2D eigenvalue weighted by molar-refractivity contribution is 6.31. The highest BCUT2D eigenvalue weighted by Crippen LogP contribution is 2.19. The van der Waals surface area contributed by atoms with Crippen molar-refractivity contribution in [3.63, 3.8) is 0 Å². The second-order valence-electron chi connectivity index (χ2n) is 7.24. The van der Waals surface area contributed by atoms with Crippen molar-refractivity contribution in [2.45, 2.75) is 26.8 Å². The van der Waals surface area contributed by atoms with Crippen molar-refractivity contribution in [3.05, 3.63) is 86.9 Å². The fourth-order valence-electron chi connectivity index (χ4n) is 3.61. The molecule has 7 nitrogen and oxygen atoms in total. The summed E-state index contributed by atoms with van der Waals surface area (Å²) in [5, 5.41) is 5.26. The summed E-state index contributed by atoms with van der Waals surface area (Å²) in [6.07, 6.45) is 2.07. The number of aromatic amines is 1. The molecule has 1 amide bonds. The number of aromatic nitrogens is 4. The number of hydrogen-bond acceptors (Lipinski definition) is 4. The number of nitrogens with zero attached hydrogens (tertiary/aromatic N) is 4. The summed E-state index contributed by atoms with van der Waals surface area (Å²) >= 11 is 6.03. The van der Waals surface area contributed by atoms with E-state index in [0.717, 1.165) is 0 Å². The quantitative estimate of drug-likeness (QED) is 0.476. The van der Waals surface area contributed by atoms with Gasteiger partial charge in [0.15, 0.2) is 0 Å². The van der Waals surface area contributed by atoms with Gasteiger partial charge in [0.25, 0.3) is 11.5 Å². The fourth-order valence-corrected chi connectivity index (χ4v) is 3.78. The standard InChI is InChI=1S/C23H21ClFN5O2/c1-3-20-18(12-26-30(20)16-8-6-15(25)7-9-16)23(32)29(4-2)13-21-27-19-11-14(24)5-10-17(19)22(31)28-21/h5-12H,3-4,13H2,1-2H3,(H,27,28,31). The molecule has 0 fully saturated rings. The number of fused-ring (bicyclic) bond motifs is 1. The monoisotopic (exact) mass is 453 g/mol. The normalized spacial score (nSPS) is 11.1. The van der Waals surface area contributed by atoms with Gasteiger partial charge in [0, 0.05) is 11.6 Å². The molecule has 9 heteroatoms. The van der Waals surface area contributed by atoms with E-state index < -0.39 is 0 Å². The predicted octanol–water partition coefficient (Wildman–Crippen LogP) is 4.13. The van der Waals surface area contributed by atoms with Crippen LogP contribution in [0.15, 0.2) is 53.5 Å². The molecule has 4 aromatic rings. The van der Waals surface area contributed by atoms with Crippen LogP contribution in [0, 0.1) is 5.82 Å². The predicted molar refractivity (Wildman–Crippen MR) is 121 cm³/mol. The van der Waals surface area contributed by atoms with E-state index in [0.29, 0.717) is 51.7 Å². The van der Waals surface area contributed by atoms with E-state index >= 15 is 0 Å². The van der Waals surface area contributed by atoms with Gasteiger partial charge in [-0.2, -0.15) is 5.10 Å². The number of rotatable bonds is 6. The minimum absolute atomic E-state index is 0.123. The van der Waals surface area contributed by atoms with Gasteiger partial charge in [-0.1, -0.05) is 18.5 Å². The van der Waals surface area contributed by atoms with Gasteiger partial charge in [0.1, 0.15) is 11.6 Å². The van der Waals surface area contributed by atoms with Crippen LogP contribution in [0.2, 0.25) is 5.02 Å². The Kier molecular flexibility index (Phi) is 6.05. The number of carbonyl (C=O) groups is 1. The maximum absolute atomic E-state index is 13.3. The molecule has 1 N–H and O–H groups in total. The van der Waals surface area contributed by atoms with Crippen LogP contribution < -0.4 is 5.56 Å². The minimum Gasteiger partial charge on any atom is -0.331 e. The summed E-state index contributed by atoms with van der Waals surface area (Å²) in [5.74, 6) is -0.207. The van der Waals surface area contributed by atoms with Crippen molar-refractivity contribution in [2.24, 2.45) is 0 Å². The van der Waals surface area contributed by atoms with Crippen LogP contribution in [0.1, 0.15) is 35.7 Å². The molecular formula is C23H21ClFN5O2. The van der Waals surface area contributed by atoms with Crippen molar-refractivity contribution in [1.29, 1.82) is 0 Å². The highest BCUT2D eigenvalue weighted by atomic mass is 35.5. The Hall–Kier alpha value is -3.52. The van der Waals surface area contributed by atoms with Gasteiger partial charge in [0.05, 0.1) is 40.6 Å². The lowest BCUT2D eigenvalue weighted by Crippen LogP contribution is -2.32. The van der Waals surface area contributed by atoms with Crippen molar-refractivity contribution in [1.82, 2.24) is 24.6 Å². The molecule has 0 aliphatic carbocycles. The second-order valence-corrected chi connectivity index (χ2v) is 7.68. The zero-order chi connectivity index (χ0) is 22.8. The number of benzene rings is 2. The number of nitrogens with one attached hydrogen (secondary N) is 1. The molecule has 0 saturated carbocycles. The smallest absolute Gasteiger partial charge is 0.258 e. The molecule has 4 rings (SSSR count). The van der Waals surface area contributed by atoms with Crippen LogP contribution in [0.3, 0.4) is 0 Å². The zero-order valence-corrected chi connectivity index (χ0v) is 18.4. The van der Waals surface area contributed by atoms with Gasteiger partial charge in [-0.25, -0.2) is 14.1 Å². The zero-order valence-electron chi connectivity index (χ0n) is 17.6. The van der Waals surface area contributed by atoms with Crippen LogP contribution in [0.25, 0.3) is 16.6 Å². The van der Waals surface area contributed by atoms with Crippen LogP contribution in [0.4, 0.5) is 4.39 Å². The third kappa shape index (κ3) is 4.13. The lowest BCUT2D eigenvalue weighted by atomic mass is 10.1. The molecule has 0 aliphatic heterocycles. The minimum atomic E-state index is -0.342. The first kappa shape index (κ1) is 21.7. The molecular weight excluding hydrogens is 433 g/mol. The van der Waals surface area contributed by atoms with Gasteiger partial charge in [-0.05, 0) is 55.8 Å². The average Bonchev–Trinajstić information content (AvgIpc) is 3.21. The Morgan fingerprint density at radius 1 is 1.19 bits per heavy atom. The summed E-state index contributed by atoms with van der Waals surface area (Å²) in [5.41, 5.74) is 2.01. The van der Waals surface area contributed by atoms with E-state index in [2.05, 4.69) is 15.1 Å². The maximum Gasteiger partial charge on any atom is 0.258 e. The Morgan fingerprint density at radius 2 is 1.94 bits per heavy atom. The molecule has 0 atom stereocenters. The van der Waals surface area contributed by atoms with Crippen molar-refractivity contribution in [3.8, 4) is 5.69 Å². The third-order valence-electron chi connectivity index (χ3n) is 5.23. The van der Waals surface area contributed by atoms with Crippen molar-refractivity contribution < 1.29 is 9.18 Å². The first-order valence-electron chi connectivity index (χ1n) is 10.2. The number of halogens is 2. The molecule has 0 spiro atoms. The van der Waals surface area contributed by atoms with E-state index in [1.807, 2.05) is 13.8 Å². The van der Waals surface area contributed by atoms with E-state index in [1.54, 1.807) is 39.9 Å². The van der Waals surface area contributed by atoms with E-state index in [-0.39, 0.29) is 23.8 Å². The van der Waals surface area contributed by atoms with E-state index in [1.165, 1.54) is 18.3 Å². The lowest BCUT2D eigenvalue weighted by Gasteiger charge is -2.20. The summed E-state index contributed by atoms with van der Waals surface area (Å²) in [6, 6.07) is 10.8. The summed E-state index contributed by atoms with van der Waals surface area (Å²) < 4.78 is 14.9. The van der Waals surface area contributed by atoms with Crippen LogP contribution in [0.5, 0.6) is 0 Å². The molecule has 2 heterocycles. The van der Waals surface area contributed by atoms with Crippen molar-refractivity contribution in [2.75, 3.05) is 6.54 Å². The number of carbonyl (C=O) groups excluding carboxylic acids is 1. The molecule has 0 aliphatic rings. The molecule has 0 saturated heterocycles. The highest BCUT2D eigenvalue weighted by Gasteiger charge is 2.22. The Balaban J connectivity index is 1.66. The molecule has 164 valence electrons. The fraction of sp³-hybridized carbons (Fsp3) is 0.217. The van der Waals surface area contributed by atoms with Crippen LogP contribution in [-0.4, -0.2) is 37.1 Å². The number of H-pyrrole nitrogens is 1.